The molecule has 0 aliphatic heterocycles. The third kappa shape index (κ3) is 4.25. The maximum absolute atomic E-state index is 11.6. The Morgan fingerprint density at radius 3 is 2.61 bits per heavy atom. The number of nitrogens with one attached hydrogen (secondary N) is 1. The highest BCUT2D eigenvalue weighted by molar-refractivity contribution is 7.92. The Kier molecular flexibility index (Phi) is 4.16. The maximum Gasteiger partial charge on any atom is 0.233 e. The van der Waals surface area contributed by atoms with Crippen LogP contribution in [0.4, 0.5) is 0 Å². The van der Waals surface area contributed by atoms with Gasteiger partial charge in [0.2, 0.25) is 10.0 Å². The molecule has 0 aromatic heterocycles. The van der Waals surface area contributed by atoms with E-state index in [0.29, 0.717) is 0 Å². The molecule has 1 aliphatic rings. The normalized spacial score (nSPS) is 18.1. The van der Waals surface area contributed by atoms with Gasteiger partial charge in [0.05, 0.1) is 6.10 Å². The van der Waals surface area contributed by atoms with Crippen LogP contribution in [0.3, 0.4) is 0 Å². The SMILES string of the molecule is O=S(=O)(C=Cc1ccccc1)NCC(O)C1CC1. The molecule has 1 aliphatic carbocycles. The molecule has 1 unspecified atom stereocenters. The summed E-state index contributed by atoms with van der Waals surface area (Å²) < 4.78 is 25.7. The minimum atomic E-state index is -3.47. The Bertz CT molecular complexity index is 506. The Labute approximate surface area is 107 Å². The van der Waals surface area contributed by atoms with Gasteiger partial charge in [0.1, 0.15) is 0 Å². The van der Waals surface area contributed by atoms with Gasteiger partial charge in [-0.1, -0.05) is 30.3 Å². The first-order valence-electron chi connectivity index (χ1n) is 5.98. The van der Waals surface area contributed by atoms with E-state index in [1.165, 1.54) is 6.08 Å². The molecular formula is C13H17NO3S. The molecule has 1 aromatic carbocycles. The molecule has 0 spiro atoms. The van der Waals surface area contributed by atoms with E-state index in [0.717, 1.165) is 23.8 Å². The fourth-order valence-electron chi connectivity index (χ4n) is 1.63. The zero-order chi connectivity index (χ0) is 13.0. The van der Waals surface area contributed by atoms with Crippen LogP contribution in [0.15, 0.2) is 35.7 Å². The predicted octanol–water partition coefficient (Wildman–Crippen LogP) is 1.35. The summed E-state index contributed by atoms with van der Waals surface area (Å²) in [6.07, 6.45) is 2.95. The van der Waals surface area contributed by atoms with Crippen molar-refractivity contribution in [2.45, 2.75) is 18.9 Å². The van der Waals surface area contributed by atoms with E-state index in [1.807, 2.05) is 30.3 Å². The van der Waals surface area contributed by atoms with Crippen LogP contribution >= 0.6 is 0 Å². The summed E-state index contributed by atoms with van der Waals surface area (Å²) in [5, 5.41) is 10.7. The summed E-state index contributed by atoms with van der Waals surface area (Å²) >= 11 is 0. The van der Waals surface area contributed by atoms with Crippen LogP contribution in [-0.4, -0.2) is 26.2 Å². The van der Waals surface area contributed by atoms with Crippen molar-refractivity contribution in [1.82, 2.24) is 4.72 Å². The molecule has 1 saturated carbocycles. The monoisotopic (exact) mass is 267 g/mol. The molecule has 98 valence electrons. The summed E-state index contributed by atoms with van der Waals surface area (Å²) in [4.78, 5) is 0. The molecule has 2 rings (SSSR count). The molecule has 1 fully saturated rings. The van der Waals surface area contributed by atoms with Gasteiger partial charge in [0.15, 0.2) is 0 Å². The first-order chi connectivity index (χ1) is 8.57. The van der Waals surface area contributed by atoms with Crippen molar-refractivity contribution in [3.63, 3.8) is 0 Å². The number of aliphatic hydroxyl groups is 1. The summed E-state index contributed by atoms with van der Waals surface area (Å²) in [7, 11) is -3.47. The Morgan fingerprint density at radius 2 is 2.00 bits per heavy atom. The van der Waals surface area contributed by atoms with Crippen LogP contribution in [0, 0.1) is 5.92 Å². The van der Waals surface area contributed by atoms with E-state index in [9.17, 15) is 13.5 Å². The average molecular weight is 267 g/mol. The lowest BCUT2D eigenvalue weighted by atomic mass is 10.2. The van der Waals surface area contributed by atoms with Crippen molar-refractivity contribution in [2.24, 2.45) is 5.92 Å². The second-order valence-electron chi connectivity index (χ2n) is 4.51. The minimum Gasteiger partial charge on any atom is -0.391 e. The molecule has 5 heteroatoms. The minimum absolute atomic E-state index is 0.0894. The van der Waals surface area contributed by atoms with Crippen LogP contribution < -0.4 is 4.72 Å². The highest BCUT2D eigenvalue weighted by Gasteiger charge is 2.29. The molecule has 0 radical (unpaired) electrons. The van der Waals surface area contributed by atoms with Crippen LogP contribution in [0.5, 0.6) is 0 Å². The van der Waals surface area contributed by atoms with Gasteiger partial charge < -0.3 is 5.11 Å². The number of hydrogen-bond acceptors (Lipinski definition) is 3. The Hall–Kier alpha value is -1.17. The van der Waals surface area contributed by atoms with E-state index < -0.39 is 16.1 Å². The van der Waals surface area contributed by atoms with Gasteiger partial charge >= 0.3 is 0 Å². The third-order valence-electron chi connectivity index (χ3n) is 2.90. The van der Waals surface area contributed by atoms with Crippen LogP contribution in [0.2, 0.25) is 0 Å². The molecule has 1 aromatic rings. The number of benzene rings is 1. The van der Waals surface area contributed by atoms with E-state index in [4.69, 9.17) is 0 Å². The lowest BCUT2D eigenvalue weighted by Crippen LogP contribution is -2.31. The van der Waals surface area contributed by atoms with E-state index in [2.05, 4.69) is 4.72 Å². The lowest BCUT2D eigenvalue weighted by Gasteiger charge is -2.08. The third-order valence-corrected chi connectivity index (χ3v) is 3.96. The van der Waals surface area contributed by atoms with Gasteiger partial charge in [0, 0.05) is 12.0 Å². The fourth-order valence-corrected chi connectivity index (χ4v) is 2.47. The Morgan fingerprint density at radius 1 is 1.33 bits per heavy atom. The average Bonchev–Trinajstić information content (AvgIpc) is 3.19. The first kappa shape index (κ1) is 13.3. The largest absolute Gasteiger partial charge is 0.391 e. The van der Waals surface area contributed by atoms with Crippen LogP contribution in [0.1, 0.15) is 18.4 Å². The number of rotatable bonds is 6. The number of aliphatic hydroxyl groups excluding tert-OH is 1. The van der Waals surface area contributed by atoms with Crippen molar-refractivity contribution in [1.29, 1.82) is 0 Å². The van der Waals surface area contributed by atoms with E-state index >= 15 is 0 Å². The number of hydrogen-bond donors (Lipinski definition) is 2. The van der Waals surface area contributed by atoms with E-state index in [1.54, 1.807) is 0 Å². The van der Waals surface area contributed by atoms with Crippen molar-refractivity contribution in [2.75, 3.05) is 6.54 Å². The predicted molar refractivity (Wildman–Crippen MR) is 71.1 cm³/mol. The zero-order valence-corrected chi connectivity index (χ0v) is 10.8. The second kappa shape index (κ2) is 5.65. The van der Waals surface area contributed by atoms with E-state index in [-0.39, 0.29) is 12.5 Å². The van der Waals surface area contributed by atoms with Crippen LogP contribution in [0.25, 0.3) is 6.08 Å². The zero-order valence-electron chi connectivity index (χ0n) is 9.99. The van der Waals surface area contributed by atoms with Crippen molar-refractivity contribution in [3.05, 3.63) is 41.3 Å². The van der Waals surface area contributed by atoms with Crippen molar-refractivity contribution in [3.8, 4) is 0 Å². The van der Waals surface area contributed by atoms with Gasteiger partial charge in [0.25, 0.3) is 0 Å². The molecular weight excluding hydrogens is 250 g/mol. The Balaban J connectivity index is 1.88. The topological polar surface area (TPSA) is 66.4 Å². The summed E-state index contributed by atoms with van der Waals surface area (Å²) in [5.74, 6) is 0.269. The van der Waals surface area contributed by atoms with Gasteiger partial charge in [-0.2, -0.15) is 0 Å². The molecule has 0 heterocycles. The fraction of sp³-hybridized carbons (Fsp3) is 0.385. The van der Waals surface area contributed by atoms with Gasteiger partial charge in [-0.05, 0) is 30.4 Å². The quantitative estimate of drug-likeness (QED) is 0.817. The molecule has 1 atom stereocenters. The standard InChI is InChI=1S/C13H17NO3S/c15-13(12-6-7-12)10-14-18(16,17)9-8-11-4-2-1-3-5-11/h1-5,8-9,12-15H,6-7,10H2. The first-order valence-corrected chi connectivity index (χ1v) is 7.52. The molecule has 2 N–H and O–H groups in total. The molecule has 0 bridgehead atoms. The summed E-state index contributed by atoms with van der Waals surface area (Å²) in [5.41, 5.74) is 0.825. The molecule has 18 heavy (non-hydrogen) atoms. The number of sulfonamides is 1. The molecule has 0 saturated heterocycles. The van der Waals surface area contributed by atoms with Gasteiger partial charge in [-0.3, -0.25) is 0 Å². The van der Waals surface area contributed by atoms with Gasteiger partial charge in [-0.15, -0.1) is 0 Å². The smallest absolute Gasteiger partial charge is 0.233 e. The van der Waals surface area contributed by atoms with Gasteiger partial charge in [-0.25, -0.2) is 13.1 Å². The van der Waals surface area contributed by atoms with Crippen molar-refractivity contribution < 1.29 is 13.5 Å². The molecule has 0 amide bonds. The summed E-state index contributed by atoms with van der Waals surface area (Å²) in [6.45, 7) is 0.0894. The highest BCUT2D eigenvalue weighted by Crippen LogP contribution is 2.32. The molecule has 4 nitrogen and oxygen atoms in total. The summed E-state index contributed by atoms with van der Waals surface area (Å²) in [6, 6.07) is 9.21. The lowest BCUT2D eigenvalue weighted by molar-refractivity contribution is 0.155. The highest BCUT2D eigenvalue weighted by atomic mass is 32.2. The maximum atomic E-state index is 11.6. The second-order valence-corrected chi connectivity index (χ2v) is 6.16. The van der Waals surface area contributed by atoms with Crippen LogP contribution in [-0.2, 0) is 10.0 Å². The van der Waals surface area contributed by atoms with Crippen molar-refractivity contribution >= 4 is 16.1 Å².